The molecule has 3 N–H and O–H groups in total. The van der Waals surface area contributed by atoms with Crippen molar-refractivity contribution in [2.24, 2.45) is 5.73 Å². The number of benzene rings is 1. The Bertz CT molecular complexity index is 483. The van der Waals surface area contributed by atoms with Crippen molar-refractivity contribution in [1.82, 2.24) is 25.5 Å². The van der Waals surface area contributed by atoms with Crippen molar-refractivity contribution in [2.75, 3.05) is 13.1 Å². The maximum atomic E-state index is 12.1. The normalized spacial score (nSPS) is 10.3. The average Bonchev–Trinajstić information content (AvgIpc) is 2.92. The first kappa shape index (κ1) is 12.2. The number of hydrogen-bond acceptors (Lipinski definition) is 5. The second-order valence-corrected chi connectivity index (χ2v) is 3.74. The number of carbonyl (C=O) groups is 1. The first-order valence-corrected chi connectivity index (χ1v) is 5.58. The number of aromatic nitrogens is 4. The average molecular weight is 246 g/mol. The molecule has 0 bridgehead atoms. The number of rotatable bonds is 5. The second-order valence-electron chi connectivity index (χ2n) is 3.74. The highest BCUT2D eigenvalue weighted by Crippen LogP contribution is 2.06. The van der Waals surface area contributed by atoms with Gasteiger partial charge < -0.3 is 10.6 Å². The Hall–Kier alpha value is -2.28. The van der Waals surface area contributed by atoms with E-state index in [2.05, 4.69) is 20.6 Å². The van der Waals surface area contributed by atoms with E-state index in [0.717, 1.165) is 5.56 Å². The zero-order chi connectivity index (χ0) is 12.8. The summed E-state index contributed by atoms with van der Waals surface area (Å²) in [5.41, 5.74) is 6.55. The van der Waals surface area contributed by atoms with Crippen LogP contribution in [0.5, 0.6) is 0 Å². The number of tetrazole rings is 1. The molecule has 1 amide bonds. The van der Waals surface area contributed by atoms with Crippen LogP contribution in [-0.4, -0.2) is 44.5 Å². The molecule has 2 aromatic rings. The quantitative estimate of drug-likeness (QED) is 0.761. The van der Waals surface area contributed by atoms with Gasteiger partial charge in [-0.2, -0.15) is 5.21 Å². The molecule has 1 aromatic heterocycles. The highest BCUT2D eigenvalue weighted by atomic mass is 16.2. The summed E-state index contributed by atoms with van der Waals surface area (Å²) in [5.74, 6) is -0.225. The van der Waals surface area contributed by atoms with Crippen LogP contribution in [0.4, 0.5) is 0 Å². The van der Waals surface area contributed by atoms with Gasteiger partial charge in [-0.15, -0.1) is 10.2 Å². The van der Waals surface area contributed by atoms with Crippen molar-refractivity contribution in [2.45, 2.75) is 6.54 Å². The monoisotopic (exact) mass is 246 g/mol. The zero-order valence-corrected chi connectivity index (χ0v) is 9.78. The smallest absolute Gasteiger partial charge is 0.295 e. The molecule has 2 rings (SSSR count). The molecule has 0 aliphatic carbocycles. The van der Waals surface area contributed by atoms with E-state index < -0.39 is 0 Å². The van der Waals surface area contributed by atoms with Crippen LogP contribution >= 0.6 is 0 Å². The summed E-state index contributed by atoms with van der Waals surface area (Å²) < 4.78 is 0. The minimum atomic E-state index is -0.280. The van der Waals surface area contributed by atoms with E-state index in [0.29, 0.717) is 19.6 Å². The lowest BCUT2D eigenvalue weighted by Gasteiger charge is -2.20. The molecule has 7 nitrogen and oxygen atoms in total. The molecule has 1 heterocycles. The van der Waals surface area contributed by atoms with Crippen LogP contribution in [0, 0.1) is 0 Å². The molecule has 0 atom stereocenters. The SMILES string of the molecule is NCCN(Cc1ccccc1)C(=O)c1nn[nH]n1. The van der Waals surface area contributed by atoms with Crippen molar-refractivity contribution in [3.8, 4) is 0 Å². The van der Waals surface area contributed by atoms with E-state index in [1.807, 2.05) is 30.3 Å². The highest BCUT2D eigenvalue weighted by molar-refractivity contribution is 5.90. The largest absolute Gasteiger partial charge is 0.330 e. The molecule has 0 radical (unpaired) electrons. The summed E-state index contributed by atoms with van der Waals surface area (Å²) >= 11 is 0. The van der Waals surface area contributed by atoms with Crippen LogP contribution < -0.4 is 5.73 Å². The van der Waals surface area contributed by atoms with Gasteiger partial charge in [0.2, 0.25) is 0 Å². The Morgan fingerprint density at radius 2 is 2.11 bits per heavy atom. The fourth-order valence-electron chi connectivity index (χ4n) is 1.61. The van der Waals surface area contributed by atoms with Gasteiger partial charge in [0, 0.05) is 19.6 Å². The molecule has 0 saturated carbocycles. The molecule has 7 heteroatoms. The Balaban J connectivity index is 2.11. The van der Waals surface area contributed by atoms with Gasteiger partial charge in [-0.3, -0.25) is 4.79 Å². The van der Waals surface area contributed by atoms with Crippen LogP contribution in [0.25, 0.3) is 0 Å². The van der Waals surface area contributed by atoms with Crippen molar-refractivity contribution in [1.29, 1.82) is 0 Å². The Morgan fingerprint density at radius 1 is 1.33 bits per heavy atom. The minimum absolute atomic E-state index is 0.0550. The number of nitrogens with one attached hydrogen (secondary N) is 1. The molecule has 0 unspecified atom stereocenters. The van der Waals surface area contributed by atoms with Gasteiger partial charge in [0.15, 0.2) is 0 Å². The van der Waals surface area contributed by atoms with E-state index in [4.69, 9.17) is 5.73 Å². The second kappa shape index (κ2) is 5.87. The predicted molar refractivity (Wildman–Crippen MR) is 64.4 cm³/mol. The van der Waals surface area contributed by atoms with E-state index in [9.17, 15) is 4.79 Å². The van der Waals surface area contributed by atoms with Crippen molar-refractivity contribution >= 4 is 5.91 Å². The fourth-order valence-corrected chi connectivity index (χ4v) is 1.61. The zero-order valence-electron chi connectivity index (χ0n) is 9.78. The standard InChI is InChI=1S/C11H14N6O/c12-6-7-17(8-9-4-2-1-3-5-9)11(18)10-13-15-16-14-10/h1-5H,6-8,12H2,(H,13,14,15,16). The Labute approximate surface area is 104 Å². The summed E-state index contributed by atoms with van der Waals surface area (Å²) in [6.07, 6.45) is 0. The molecule has 0 saturated heterocycles. The third kappa shape index (κ3) is 2.89. The minimum Gasteiger partial charge on any atom is -0.330 e. The van der Waals surface area contributed by atoms with Crippen molar-refractivity contribution < 1.29 is 4.79 Å². The first-order chi connectivity index (χ1) is 8.81. The molecule has 0 aliphatic heterocycles. The number of hydrogen-bond donors (Lipinski definition) is 2. The first-order valence-electron chi connectivity index (χ1n) is 5.58. The Kier molecular flexibility index (Phi) is 3.98. The number of aromatic amines is 1. The molecule has 18 heavy (non-hydrogen) atoms. The number of amides is 1. The van der Waals surface area contributed by atoms with Gasteiger partial charge in [-0.25, -0.2) is 0 Å². The van der Waals surface area contributed by atoms with E-state index in [1.54, 1.807) is 4.90 Å². The topological polar surface area (TPSA) is 101 Å². The van der Waals surface area contributed by atoms with Crippen molar-refractivity contribution in [3.63, 3.8) is 0 Å². The van der Waals surface area contributed by atoms with E-state index in [-0.39, 0.29) is 11.7 Å². The number of nitrogens with zero attached hydrogens (tertiary/aromatic N) is 4. The summed E-state index contributed by atoms with van der Waals surface area (Å²) in [4.78, 5) is 13.7. The lowest BCUT2D eigenvalue weighted by molar-refractivity contribution is 0.0736. The van der Waals surface area contributed by atoms with Crippen LogP contribution in [-0.2, 0) is 6.54 Å². The van der Waals surface area contributed by atoms with Crippen LogP contribution in [0.3, 0.4) is 0 Å². The lowest BCUT2D eigenvalue weighted by atomic mass is 10.2. The molecule has 0 aliphatic rings. The summed E-state index contributed by atoms with van der Waals surface area (Å²) in [6, 6.07) is 9.68. The summed E-state index contributed by atoms with van der Waals surface area (Å²) in [5, 5.41) is 13.0. The predicted octanol–water partition coefficient (Wildman–Crippen LogP) is -0.199. The molecular weight excluding hydrogens is 232 g/mol. The summed E-state index contributed by atoms with van der Waals surface area (Å²) in [7, 11) is 0. The van der Waals surface area contributed by atoms with Gasteiger partial charge in [0.05, 0.1) is 0 Å². The molecule has 0 spiro atoms. The van der Waals surface area contributed by atoms with Gasteiger partial charge >= 0.3 is 0 Å². The highest BCUT2D eigenvalue weighted by Gasteiger charge is 2.19. The molecule has 94 valence electrons. The van der Waals surface area contributed by atoms with Gasteiger partial charge in [-0.1, -0.05) is 30.3 Å². The van der Waals surface area contributed by atoms with Crippen LogP contribution in [0.2, 0.25) is 0 Å². The van der Waals surface area contributed by atoms with Crippen molar-refractivity contribution in [3.05, 3.63) is 41.7 Å². The maximum absolute atomic E-state index is 12.1. The van der Waals surface area contributed by atoms with Gasteiger partial charge in [0.25, 0.3) is 11.7 Å². The molecule has 0 fully saturated rings. The number of H-pyrrole nitrogens is 1. The number of nitrogens with two attached hydrogens (primary N) is 1. The Morgan fingerprint density at radius 3 is 2.72 bits per heavy atom. The van der Waals surface area contributed by atoms with E-state index in [1.165, 1.54) is 0 Å². The number of carbonyl (C=O) groups excluding carboxylic acids is 1. The summed E-state index contributed by atoms with van der Waals surface area (Å²) in [6.45, 7) is 1.31. The van der Waals surface area contributed by atoms with E-state index >= 15 is 0 Å². The van der Waals surface area contributed by atoms with Gasteiger partial charge in [-0.05, 0) is 10.8 Å². The van der Waals surface area contributed by atoms with Crippen LogP contribution in [0.15, 0.2) is 30.3 Å². The third-order valence-electron chi connectivity index (χ3n) is 2.44. The maximum Gasteiger partial charge on any atom is 0.295 e. The third-order valence-corrected chi connectivity index (χ3v) is 2.44. The molecule has 1 aromatic carbocycles. The lowest BCUT2D eigenvalue weighted by Crippen LogP contribution is -2.35. The fraction of sp³-hybridized carbons (Fsp3) is 0.273. The van der Waals surface area contributed by atoms with Gasteiger partial charge in [0.1, 0.15) is 0 Å². The van der Waals surface area contributed by atoms with Crippen LogP contribution in [0.1, 0.15) is 16.2 Å². The molecular formula is C11H14N6O.